The number of ketones is 1. The number of esters is 1. The van der Waals surface area contributed by atoms with Crippen LogP contribution in [0.1, 0.15) is 42.7 Å². The molecular formula is C28H29ClFNO6. The smallest absolute Gasteiger partial charge is 0.336 e. The highest BCUT2D eigenvalue weighted by molar-refractivity contribution is 6.31. The van der Waals surface area contributed by atoms with Crippen molar-refractivity contribution in [2.24, 2.45) is 0 Å². The fraction of sp³-hybridized carbons (Fsp3) is 0.357. The Hall–Kier alpha value is -3.36. The standard InChI is InChI=1S/C28H29ClFNO6/c1-15-24(28(33)37-11-10-34-2)27(25-18(29)6-5-7-19(25)30)26-20(31-15)12-17(13-21(26)32)16-8-9-22(35-3)23(14-16)36-4/h5-9,14,17,27,31H,10-13H2,1-4H3/t17-,27-/m0/s1. The normalized spacial score (nSPS) is 19.4. The van der Waals surface area contributed by atoms with Crippen molar-refractivity contribution < 1.29 is 32.9 Å². The van der Waals surface area contributed by atoms with Crippen LogP contribution >= 0.6 is 11.6 Å². The topological polar surface area (TPSA) is 83.1 Å². The maximum atomic E-state index is 15.2. The molecule has 1 aliphatic carbocycles. The van der Waals surface area contributed by atoms with E-state index in [0.717, 1.165) is 5.56 Å². The summed E-state index contributed by atoms with van der Waals surface area (Å²) >= 11 is 6.46. The van der Waals surface area contributed by atoms with Gasteiger partial charge in [0, 0.05) is 41.1 Å². The van der Waals surface area contributed by atoms with Crippen molar-refractivity contribution in [1.29, 1.82) is 0 Å². The van der Waals surface area contributed by atoms with Crippen LogP contribution in [-0.4, -0.2) is 46.3 Å². The summed E-state index contributed by atoms with van der Waals surface area (Å²) in [6.45, 7) is 1.94. The summed E-state index contributed by atoms with van der Waals surface area (Å²) in [7, 11) is 4.61. The Morgan fingerprint density at radius 1 is 1.08 bits per heavy atom. The highest BCUT2D eigenvalue weighted by Crippen LogP contribution is 2.48. The van der Waals surface area contributed by atoms with E-state index in [1.165, 1.54) is 19.2 Å². The largest absolute Gasteiger partial charge is 0.493 e. The third kappa shape index (κ3) is 5.22. The van der Waals surface area contributed by atoms with Crippen molar-refractivity contribution in [3.63, 3.8) is 0 Å². The lowest BCUT2D eigenvalue weighted by molar-refractivity contribution is -0.140. The molecule has 0 aromatic heterocycles. The molecule has 0 unspecified atom stereocenters. The first-order chi connectivity index (χ1) is 17.8. The van der Waals surface area contributed by atoms with Crippen molar-refractivity contribution in [2.75, 3.05) is 34.5 Å². The average Bonchev–Trinajstić information content (AvgIpc) is 2.87. The van der Waals surface area contributed by atoms with Crippen LogP contribution in [0.15, 0.2) is 58.9 Å². The summed E-state index contributed by atoms with van der Waals surface area (Å²) in [4.78, 5) is 26.9. The summed E-state index contributed by atoms with van der Waals surface area (Å²) in [5.74, 6) is -1.46. The molecule has 2 aliphatic rings. The summed E-state index contributed by atoms with van der Waals surface area (Å²) in [5.41, 5.74) is 2.57. The monoisotopic (exact) mass is 529 g/mol. The highest BCUT2D eigenvalue weighted by atomic mass is 35.5. The first-order valence-corrected chi connectivity index (χ1v) is 12.2. The predicted octanol–water partition coefficient (Wildman–Crippen LogP) is 5.05. The molecule has 7 nitrogen and oxygen atoms in total. The van der Waals surface area contributed by atoms with Crippen LogP contribution < -0.4 is 14.8 Å². The second kappa shape index (κ2) is 11.4. The van der Waals surface area contributed by atoms with Gasteiger partial charge in [-0.25, -0.2) is 9.18 Å². The van der Waals surface area contributed by atoms with E-state index in [0.29, 0.717) is 34.9 Å². The molecule has 1 heterocycles. The molecular weight excluding hydrogens is 501 g/mol. The number of methoxy groups -OCH3 is 3. The minimum Gasteiger partial charge on any atom is -0.493 e. The lowest BCUT2D eigenvalue weighted by Gasteiger charge is -2.37. The summed E-state index contributed by atoms with van der Waals surface area (Å²) in [6, 6.07) is 9.87. The summed E-state index contributed by atoms with van der Waals surface area (Å²) < 4.78 is 36.4. The quantitative estimate of drug-likeness (QED) is 0.378. The van der Waals surface area contributed by atoms with Crippen LogP contribution in [0.3, 0.4) is 0 Å². The van der Waals surface area contributed by atoms with Gasteiger partial charge in [-0.15, -0.1) is 0 Å². The number of hydrogen-bond donors (Lipinski definition) is 1. The van der Waals surface area contributed by atoms with Gasteiger partial charge < -0.3 is 24.3 Å². The number of allylic oxidation sites excluding steroid dienone is 3. The van der Waals surface area contributed by atoms with Crippen LogP contribution in [0.4, 0.5) is 4.39 Å². The van der Waals surface area contributed by atoms with Gasteiger partial charge >= 0.3 is 5.97 Å². The molecule has 2 atom stereocenters. The van der Waals surface area contributed by atoms with Crippen molar-refractivity contribution in [2.45, 2.75) is 31.6 Å². The first-order valence-electron chi connectivity index (χ1n) is 11.9. The molecule has 0 saturated carbocycles. The van der Waals surface area contributed by atoms with Gasteiger partial charge in [0.25, 0.3) is 0 Å². The third-order valence-corrected chi connectivity index (χ3v) is 7.07. The third-order valence-electron chi connectivity index (χ3n) is 6.74. The SMILES string of the molecule is COCCOC(=O)C1=C(C)NC2=C(C(=O)C[C@@H](c3ccc(OC)c(OC)c3)C2)[C@@H]1c1c(F)cccc1Cl. The zero-order valence-electron chi connectivity index (χ0n) is 21.2. The number of rotatable bonds is 8. The van der Waals surface area contributed by atoms with E-state index in [9.17, 15) is 9.59 Å². The van der Waals surface area contributed by atoms with E-state index in [1.54, 1.807) is 33.3 Å². The molecule has 1 aliphatic heterocycles. The molecule has 196 valence electrons. The zero-order chi connectivity index (χ0) is 26.7. The van der Waals surface area contributed by atoms with Crippen molar-refractivity contribution >= 4 is 23.4 Å². The van der Waals surface area contributed by atoms with Gasteiger partial charge in [-0.3, -0.25) is 4.79 Å². The molecule has 0 radical (unpaired) electrons. The van der Waals surface area contributed by atoms with E-state index < -0.39 is 17.7 Å². The van der Waals surface area contributed by atoms with Gasteiger partial charge in [-0.2, -0.15) is 0 Å². The van der Waals surface area contributed by atoms with E-state index in [1.807, 2.05) is 12.1 Å². The van der Waals surface area contributed by atoms with Gasteiger partial charge in [-0.1, -0.05) is 23.7 Å². The van der Waals surface area contributed by atoms with E-state index in [4.69, 9.17) is 30.5 Å². The molecule has 0 fully saturated rings. The van der Waals surface area contributed by atoms with Gasteiger partial charge in [0.15, 0.2) is 17.3 Å². The van der Waals surface area contributed by atoms with Gasteiger partial charge in [-0.05, 0) is 49.1 Å². The summed E-state index contributed by atoms with van der Waals surface area (Å²) in [5, 5.41) is 3.37. The van der Waals surface area contributed by atoms with Crippen LogP contribution in [0.5, 0.6) is 11.5 Å². The first kappa shape index (κ1) is 26.7. The number of dihydropyridines is 1. The second-order valence-corrected chi connectivity index (χ2v) is 9.30. The van der Waals surface area contributed by atoms with Crippen LogP contribution in [0.2, 0.25) is 5.02 Å². The Morgan fingerprint density at radius 3 is 2.51 bits per heavy atom. The number of Topliss-reactive ketones (excluding diaryl/α,β-unsaturated/α-hetero) is 1. The molecule has 1 N–H and O–H groups in total. The number of ether oxygens (including phenoxy) is 4. The molecule has 37 heavy (non-hydrogen) atoms. The van der Waals surface area contributed by atoms with Gasteiger partial charge in [0.1, 0.15) is 12.4 Å². The number of halogens is 2. The average molecular weight is 530 g/mol. The summed E-state index contributed by atoms with van der Waals surface area (Å²) in [6.07, 6.45) is 0.645. The fourth-order valence-corrected chi connectivity index (χ4v) is 5.29. The van der Waals surface area contributed by atoms with Crippen LogP contribution in [0, 0.1) is 5.82 Å². The zero-order valence-corrected chi connectivity index (χ0v) is 21.9. The fourth-order valence-electron chi connectivity index (χ4n) is 5.02. The molecule has 9 heteroatoms. The number of nitrogens with one attached hydrogen (secondary N) is 1. The number of benzene rings is 2. The Bertz CT molecular complexity index is 1270. The van der Waals surface area contributed by atoms with Gasteiger partial charge in [0.05, 0.1) is 32.3 Å². The predicted molar refractivity (Wildman–Crippen MR) is 136 cm³/mol. The molecule has 0 amide bonds. The van der Waals surface area contributed by atoms with Crippen LogP contribution in [-0.2, 0) is 19.1 Å². The molecule has 0 bridgehead atoms. The lowest BCUT2D eigenvalue weighted by atomic mass is 9.71. The Labute approximate surface area is 220 Å². The Balaban J connectivity index is 1.78. The van der Waals surface area contributed by atoms with Gasteiger partial charge in [0.2, 0.25) is 0 Å². The maximum Gasteiger partial charge on any atom is 0.336 e. The second-order valence-electron chi connectivity index (χ2n) is 8.90. The van der Waals surface area contributed by atoms with Crippen molar-refractivity contribution in [3.05, 3.63) is 80.9 Å². The molecule has 0 saturated heterocycles. The van der Waals surface area contributed by atoms with E-state index in [-0.39, 0.29) is 47.5 Å². The van der Waals surface area contributed by atoms with Crippen LogP contribution in [0.25, 0.3) is 0 Å². The maximum absolute atomic E-state index is 15.2. The lowest BCUT2D eigenvalue weighted by Crippen LogP contribution is -2.36. The Morgan fingerprint density at radius 2 is 1.84 bits per heavy atom. The molecule has 0 spiro atoms. The number of hydrogen-bond acceptors (Lipinski definition) is 7. The van der Waals surface area contributed by atoms with E-state index in [2.05, 4.69) is 5.32 Å². The van der Waals surface area contributed by atoms with E-state index >= 15 is 4.39 Å². The Kier molecular flexibility index (Phi) is 8.19. The number of carbonyl (C=O) groups is 2. The molecule has 2 aromatic carbocycles. The number of carbonyl (C=O) groups excluding carboxylic acids is 2. The molecule has 2 aromatic rings. The highest BCUT2D eigenvalue weighted by Gasteiger charge is 2.43. The molecule has 4 rings (SSSR count). The minimum absolute atomic E-state index is 0.0189. The van der Waals surface area contributed by atoms with Crippen molar-refractivity contribution in [3.8, 4) is 11.5 Å². The van der Waals surface area contributed by atoms with Crippen molar-refractivity contribution in [1.82, 2.24) is 5.32 Å². The minimum atomic E-state index is -1.00.